The zero-order chi connectivity index (χ0) is 24.3. The van der Waals surface area contributed by atoms with Crippen LogP contribution in [0.2, 0.25) is 0 Å². The Labute approximate surface area is 190 Å². The van der Waals surface area contributed by atoms with Gasteiger partial charge in [-0.2, -0.15) is 11.8 Å². The number of benzene rings is 1. The smallest absolute Gasteiger partial charge is 0.322 e. The van der Waals surface area contributed by atoms with Crippen LogP contribution in [-0.4, -0.2) is 81.8 Å². The molecule has 8 N–H and O–H groups in total. The number of carbonyl (C=O) groups is 4. The lowest BCUT2D eigenvalue weighted by Crippen LogP contribution is -2.59. The summed E-state index contributed by atoms with van der Waals surface area (Å²) in [6.45, 7) is 0.652. The van der Waals surface area contributed by atoms with Crippen LogP contribution >= 0.6 is 11.8 Å². The Morgan fingerprint density at radius 3 is 2.22 bits per heavy atom. The van der Waals surface area contributed by atoms with Crippen LogP contribution in [0, 0.1) is 0 Å². The fourth-order valence-corrected chi connectivity index (χ4v) is 3.16. The Hall–Kier alpha value is -2.83. The summed E-state index contributed by atoms with van der Waals surface area (Å²) in [6.07, 6.45) is 0.927. The van der Waals surface area contributed by atoms with E-state index >= 15 is 0 Å². The van der Waals surface area contributed by atoms with Gasteiger partial charge in [-0.1, -0.05) is 12.1 Å². The molecule has 12 heteroatoms. The number of nitrogens with two attached hydrogens (primary N) is 1. The van der Waals surface area contributed by atoms with Gasteiger partial charge in [0.1, 0.15) is 24.4 Å². The van der Waals surface area contributed by atoms with Gasteiger partial charge >= 0.3 is 5.97 Å². The van der Waals surface area contributed by atoms with Crippen molar-refractivity contribution in [1.82, 2.24) is 16.0 Å². The first-order valence-corrected chi connectivity index (χ1v) is 11.2. The number of amides is 3. The van der Waals surface area contributed by atoms with Crippen LogP contribution in [0.25, 0.3) is 0 Å². The van der Waals surface area contributed by atoms with Gasteiger partial charge in [-0.05, 0) is 43.0 Å². The number of aromatic hydroxyl groups is 1. The lowest BCUT2D eigenvalue weighted by Gasteiger charge is -2.25. The molecular formula is C20H30N4O7S. The van der Waals surface area contributed by atoms with Crippen molar-refractivity contribution in [2.24, 2.45) is 5.73 Å². The van der Waals surface area contributed by atoms with E-state index in [9.17, 15) is 29.4 Å². The van der Waals surface area contributed by atoms with Crippen molar-refractivity contribution >= 4 is 35.5 Å². The van der Waals surface area contributed by atoms with Gasteiger partial charge in [0, 0.05) is 6.42 Å². The standard InChI is InChI=1S/C20H30N4O7S/c1-11(25)17(24-18(29)14(21)7-8-32-2)20(31)23-15(19(30)22-10-16(27)28)9-12-3-5-13(26)6-4-12/h3-6,11,14-15,17,25-26H,7-10,21H2,1-2H3,(H,22,30)(H,23,31)(H,24,29)(H,27,28). The first kappa shape index (κ1) is 27.2. The number of phenols is 1. The van der Waals surface area contributed by atoms with Gasteiger partial charge in [-0.3, -0.25) is 19.2 Å². The van der Waals surface area contributed by atoms with Crippen molar-refractivity contribution in [3.8, 4) is 5.75 Å². The minimum Gasteiger partial charge on any atom is -0.508 e. The summed E-state index contributed by atoms with van der Waals surface area (Å²) < 4.78 is 0. The first-order chi connectivity index (χ1) is 15.0. The Morgan fingerprint density at radius 2 is 1.69 bits per heavy atom. The molecule has 11 nitrogen and oxygen atoms in total. The molecule has 4 atom stereocenters. The van der Waals surface area contributed by atoms with Gasteiger partial charge in [0.05, 0.1) is 12.1 Å². The number of phenolic OH excluding ortho intramolecular Hbond substituents is 1. The van der Waals surface area contributed by atoms with E-state index in [0.29, 0.717) is 17.7 Å². The fraction of sp³-hybridized carbons (Fsp3) is 0.500. The Morgan fingerprint density at radius 1 is 1.06 bits per heavy atom. The summed E-state index contributed by atoms with van der Waals surface area (Å²) in [6, 6.07) is 2.43. The number of carbonyl (C=O) groups excluding carboxylic acids is 3. The second kappa shape index (κ2) is 13.6. The van der Waals surface area contributed by atoms with Crippen LogP contribution in [-0.2, 0) is 25.6 Å². The molecule has 0 radical (unpaired) electrons. The van der Waals surface area contributed by atoms with Crippen molar-refractivity contribution in [2.75, 3.05) is 18.6 Å². The van der Waals surface area contributed by atoms with Crippen LogP contribution in [0.15, 0.2) is 24.3 Å². The van der Waals surface area contributed by atoms with E-state index < -0.39 is 54.5 Å². The number of hydrogen-bond donors (Lipinski definition) is 7. The van der Waals surface area contributed by atoms with E-state index in [1.165, 1.54) is 43.0 Å². The SMILES string of the molecule is CSCCC(N)C(=O)NC(C(=O)NC(Cc1ccc(O)cc1)C(=O)NCC(=O)O)C(C)O. The van der Waals surface area contributed by atoms with Crippen LogP contribution in [0.5, 0.6) is 5.75 Å². The van der Waals surface area contributed by atoms with Crippen LogP contribution in [0.4, 0.5) is 0 Å². The maximum Gasteiger partial charge on any atom is 0.322 e. The summed E-state index contributed by atoms with van der Waals surface area (Å²) in [5.41, 5.74) is 6.38. The molecule has 32 heavy (non-hydrogen) atoms. The average molecular weight is 471 g/mol. The molecule has 0 aliphatic carbocycles. The molecule has 1 aromatic rings. The Kier molecular flexibility index (Phi) is 11.5. The molecule has 3 amide bonds. The second-order valence-electron chi connectivity index (χ2n) is 7.16. The van der Waals surface area contributed by atoms with Crippen molar-refractivity contribution in [3.05, 3.63) is 29.8 Å². The molecule has 0 bridgehead atoms. The van der Waals surface area contributed by atoms with Crippen molar-refractivity contribution < 1.29 is 34.5 Å². The minimum absolute atomic E-state index is 0.0133. The van der Waals surface area contributed by atoms with E-state index in [1.54, 1.807) is 0 Å². The molecule has 0 spiro atoms. The first-order valence-electron chi connectivity index (χ1n) is 9.85. The number of carboxylic acid groups (broad SMARTS) is 1. The van der Waals surface area contributed by atoms with Crippen LogP contribution < -0.4 is 21.7 Å². The van der Waals surface area contributed by atoms with E-state index in [4.69, 9.17) is 10.8 Å². The zero-order valence-electron chi connectivity index (χ0n) is 17.9. The maximum absolute atomic E-state index is 12.8. The summed E-state index contributed by atoms with van der Waals surface area (Å²) in [4.78, 5) is 48.3. The highest BCUT2D eigenvalue weighted by Gasteiger charge is 2.31. The molecule has 1 rings (SSSR count). The quantitative estimate of drug-likeness (QED) is 0.181. The normalized spacial score (nSPS) is 14.5. The van der Waals surface area contributed by atoms with Gasteiger partial charge in [-0.25, -0.2) is 0 Å². The van der Waals surface area contributed by atoms with Gasteiger partial charge in [0.15, 0.2) is 0 Å². The summed E-state index contributed by atoms with van der Waals surface area (Å²) >= 11 is 1.51. The molecule has 178 valence electrons. The van der Waals surface area contributed by atoms with Gasteiger partial charge in [0.25, 0.3) is 0 Å². The molecule has 0 fully saturated rings. The minimum atomic E-state index is -1.38. The van der Waals surface area contributed by atoms with Crippen LogP contribution in [0.1, 0.15) is 18.9 Å². The number of carboxylic acids is 1. The Bertz CT molecular complexity index is 789. The van der Waals surface area contributed by atoms with Gasteiger partial charge in [-0.15, -0.1) is 0 Å². The van der Waals surface area contributed by atoms with E-state index in [0.717, 1.165) is 0 Å². The summed E-state index contributed by atoms with van der Waals surface area (Å²) in [7, 11) is 0. The van der Waals surface area contributed by atoms with Crippen molar-refractivity contribution in [1.29, 1.82) is 0 Å². The lowest BCUT2D eigenvalue weighted by atomic mass is 10.0. The highest BCUT2D eigenvalue weighted by atomic mass is 32.2. The fourth-order valence-electron chi connectivity index (χ4n) is 2.67. The number of thioether (sulfide) groups is 1. The average Bonchev–Trinajstić information content (AvgIpc) is 2.74. The number of aliphatic hydroxyl groups excluding tert-OH is 1. The van der Waals surface area contributed by atoms with Crippen LogP contribution in [0.3, 0.4) is 0 Å². The van der Waals surface area contributed by atoms with E-state index in [2.05, 4.69) is 16.0 Å². The molecule has 0 saturated heterocycles. The predicted octanol–water partition coefficient (Wildman–Crippen LogP) is -1.43. The van der Waals surface area contributed by atoms with Crippen molar-refractivity contribution in [2.45, 2.75) is 44.0 Å². The number of aliphatic carboxylic acids is 1. The molecule has 0 heterocycles. The molecular weight excluding hydrogens is 440 g/mol. The lowest BCUT2D eigenvalue weighted by molar-refractivity contribution is -0.138. The molecule has 0 aliphatic rings. The molecule has 0 aliphatic heterocycles. The Balaban J connectivity index is 2.95. The third-order valence-corrected chi connectivity index (χ3v) is 5.10. The molecule has 0 aromatic heterocycles. The van der Waals surface area contributed by atoms with Crippen molar-refractivity contribution in [3.63, 3.8) is 0 Å². The number of rotatable bonds is 13. The molecule has 4 unspecified atom stereocenters. The van der Waals surface area contributed by atoms with E-state index in [1.807, 2.05) is 6.26 Å². The third kappa shape index (κ3) is 9.54. The largest absolute Gasteiger partial charge is 0.508 e. The maximum atomic E-state index is 12.8. The monoisotopic (exact) mass is 470 g/mol. The van der Waals surface area contributed by atoms with Gasteiger partial charge in [0.2, 0.25) is 17.7 Å². The highest BCUT2D eigenvalue weighted by molar-refractivity contribution is 7.98. The summed E-state index contributed by atoms with van der Waals surface area (Å²) in [5, 5.41) is 35.3. The van der Waals surface area contributed by atoms with Gasteiger partial charge < -0.3 is 37.0 Å². The number of aliphatic hydroxyl groups is 1. The number of nitrogens with one attached hydrogen (secondary N) is 3. The number of hydrogen-bond acceptors (Lipinski definition) is 8. The third-order valence-electron chi connectivity index (χ3n) is 4.46. The highest BCUT2D eigenvalue weighted by Crippen LogP contribution is 2.12. The van der Waals surface area contributed by atoms with E-state index in [-0.39, 0.29) is 12.2 Å². The zero-order valence-corrected chi connectivity index (χ0v) is 18.7. The predicted molar refractivity (Wildman–Crippen MR) is 119 cm³/mol. The molecule has 1 aromatic carbocycles. The topological polar surface area (TPSA) is 191 Å². The second-order valence-corrected chi connectivity index (χ2v) is 8.14. The molecule has 0 saturated carbocycles. The summed E-state index contributed by atoms with van der Waals surface area (Å²) in [5.74, 6) is -2.83.